The van der Waals surface area contributed by atoms with E-state index in [9.17, 15) is 9.59 Å². The topological polar surface area (TPSA) is 55.2 Å². The van der Waals surface area contributed by atoms with Crippen LogP contribution in [0.1, 0.15) is 44.1 Å². The van der Waals surface area contributed by atoms with E-state index in [1.165, 1.54) is 4.68 Å². The van der Waals surface area contributed by atoms with E-state index in [1.807, 2.05) is 56.3 Å². The van der Waals surface area contributed by atoms with Crippen LogP contribution < -0.4 is 10.5 Å². The average Bonchev–Trinajstić information content (AvgIpc) is 2.71. The number of carbonyl (C=O) groups is 1. The van der Waals surface area contributed by atoms with Crippen LogP contribution in [0.5, 0.6) is 0 Å². The van der Waals surface area contributed by atoms with E-state index < -0.39 is 0 Å². The van der Waals surface area contributed by atoms with E-state index in [1.54, 1.807) is 17.0 Å². The number of anilines is 1. The predicted molar refractivity (Wildman–Crippen MR) is 114 cm³/mol. The summed E-state index contributed by atoms with van der Waals surface area (Å²) in [5, 5.41) is 5.65. The van der Waals surface area contributed by atoms with Gasteiger partial charge in [0.2, 0.25) is 0 Å². The van der Waals surface area contributed by atoms with Crippen molar-refractivity contribution >= 4 is 22.4 Å². The van der Waals surface area contributed by atoms with Crippen LogP contribution in [-0.4, -0.2) is 22.2 Å². The Hall–Kier alpha value is -2.95. The minimum absolute atomic E-state index is 0.152. The summed E-state index contributed by atoms with van der Waals surface area (Å²) in [5.41, 5.74) is 1.02. The number of amides is 1. The Balaban J connectivity index is 2.15. The number of carbonyl (C=O) groups excluding carboxylic acids is 1. The third kappa shape index (κ3) is 4.14. The lowest BCUT2D eigenvalue weighted by Gasteiger charge is -2.23. The Morgan fingerprint density at radius 3 is 2.32 bits per heavy atom. The predicted octanol–water partition coefficient (Wildman–Crippen LogP) is 4.50. The summed E-state index contributed by atoms with van der Waals surface area (Å²) in [6.45, 7) is 7.25. The molecule has 0 aliphatic rings. The lowest BCUT2D eigenvalue weighted by atomic mass is 10.1. The molecule has 28 heavy (non-hydrogen) atoms. The summed E-state index contributed by atoms with van der Waals surface area (Å²) in [6.07, 6.45) is 1.88. The first kappa shape index (κ1) is 19.8. The highest BCUT2D eigenvalue weighted by Gasteiger charge is 2.23. The normalized spacial score (nSPS) is 11.1. The molecule has 0 aliphatic heterocycles. The van der Waals surface area contributed by atoms with Crippen LogP contribution in [0.25, 0.3) is 10.8 Å². The number of fused-ring (bicyclic) bond motifs is 1. The molecule has 1 heterocycles. The number of rotatable bonds is 7. The van der Waals surface area contributed by atoms with Crippen molar-refractivity contribution in [3.63, 3.8) is 0 Å². The number of unbranched alkanes of at least 4 members (excludes halogenated alkanes) is 1. The molecule has 0 aliphatic carbocycles. The Kier molecular flexibility index (Phi) is 6.24. The zero-order valence-electron chi connectivity index (χ0n) is 16.8. The molecule has 0 unspecified atom stereocenters. The maximum absolute atomic E-state index is 13.6. The highest BCUT2D eigenvalue weighted by molar-refractivity contribution is 6.12. The van der Waals surface area contributed by atoms with Gasteiger partial charge in [-0.2, -0.15) is 5.10 Å². The molecule has 2 aromatic carbocycles. The number of hydrogen-bond donors (Lipinski definition) is 0. The molecule has 0 saturated heterocycles. The van der Waals surface area contributed by atoms with Crippen molar-refractivity contribution in [3.05, 3.63) is 70.6 Å². The summed E-state index contributed by atoms with van der Waals surface area (Å²) in [7, 11) is 0. The summed E-state index contributed by atoms with van der Waals surface area (Å²) in [6, 6.07) is 16.9. The highest BCUT2D eigenvalue weighted by atomic mass is 16.2. The molecular weight excluding hydrogens is 350 g/mol. The SMILES string of the molecule is CCCCN(C(=O)c1nn(CC(C)C)c(=O)c2ccccc12)c1ccccc1. The monoisotopic (exact) mass is 377 g/mol. The van der Waals surface area contributed by atoms with E-state index in [-0.39, 0.29) is 17.4 Å². The fourth-order valence-electron chi connectivity index (χ4n) is 3.26. The van der Waals surface area contributed by atoms with Gasteiger partial charge in [0.1, 0.15) is 0 Å². The molecule has 0 radical (unpaired) electrons. The van der Waals surface area contributed by atoms with Gasteiger partial charge in [-0.15, -0.1) is 0 Å². The first-order valence-electron chi connectivity index (χ1n) is 9.89. The molecule has 1 aromatic heterocycles. The Bertz CT molecular complexity index is 1010. The highest BCUT2D eigenvalue weighted by Crippen LogP contribution is 2.21. The van der Waals surface area contributed by atoms with Gasteiger partial charge in [-0.05, 0) is 30.5 Å². The molecule has 5 heteroatoms. The van der Waals surface area contributed by atoms with Crippen molar-refractivity contribution in [1.82, 2.24) is 9.78 Å². The van der Waals surface area contributed by atoms with Crippen molar-refractivity contribution < 1.29 is 4.79 Å². The molecule has 3 aromatic rings. The van der Waals surface area contributed by atoms with Gasteiger partial charge in [-0.3, -0.25) is 9.59 Å². The summed E-state index contributed by atoms with van der Waals surface area (Å²) < 4.78 is 1.43. The van der Waals surface area contributed by atoms with Gasteiger partial charge in [0.25, 0.3) is 11.5 Å². The molecule has 0 atom stereocenters. The van der Waals surface area contributed by atoms with Gasteiger partial charge in [0, 0.05) is 24.2 Å². The zero-order chi connectivity index (χ0) is 20.1. The number of para-hydroxylation sites is 1. The van der Waals surface area contributed by atoms with E-state index in [4.69, 9.17) is 0 Å². The lowest BCUT2D eigenvalue weighted by molar-refractivity contribution is 0.0981. The average molecular weight is 377 g/mol. The smallest absolute Gasteiger partial charge is 0.279 e. The van der Waals surface area contributed by atoms with Gasteiger partial charge in [-0.1, -0.05) is 63.6 Å². The molecule has 0 N–H and O–H groups in total. The second kappa shape index (κ2) is 8.83. The van der Waals surface area contributed by atoms with Crippen molar-refractivity contribution in [2.24, 2.45) is 5.92 Å². The Labute approximate surface area is 165 Å². The molecule has 0 bridgehead atoms. The minimum Gasteiger partial charge on any atom is -0.307 e. The van der Waals surface area contributed by atoms with Crippen molar-refractivity contribution in [3.8, 4) is 0 Å². The second-order valence-electron chi connectivity index (χ2n) is 7.42. The maximum atomic E-state index is 13.6. The van der Waals surface area contributed by atoms with E-state index in [0.29, 0.717) is 29.6 Å². The first-order chi connectivity index (χ1) is 13.5. The Morgan fingerprint density at radius 2 is 1.68 bits per heavy atom. The largest absolute Gasteiger partial charge is 0.307 e. The minimum atomic E-state index is -0.173. The third-order valence-electron chi connectivity index (χ3n) is 4.66. The summed E-state index contributed by atoms with van der Waals surface area (Å²) >= 11 is 0. The molecule has 146 valence electrons. The van der Waals surface area contributed by atoms with Crippen LogP contribution in [0, 0.1) is 5.92 Å². The molecule has 3 rings (SSSR count). The molecular formula is C23H27N3O2. The molecule has 1 amide bonds. The quantitative estimate of drug-likeness (QED) is 0.609. The van der Waals surface area contributed by atoms with E-state index in [2.05, 4.69) is 12.0 Å². The van der Waals surface area contributed by atoms with Crippen LogP contribution in [0.2, 0.25) is 0 Å². The number of benzene rings is 2. The number of hydrogen-bond acceptors (Lipinski definition) is 3. The molecule has 0 spiro atoms. The zero-order valence-corrected chi connectivity index (χ0v) is 16.8. The van der Waals surface area contributed by atoms with Crippen LogP contribution in [0.3, 0.4) is 0 Å². The van der Waals surface area contributed by atoms with Gasteiger partial charge < -0.3 is 4.90 Å². The van der Waals surface area contributed by atoms with Crippen molar-refractivity contribution in [2.75, 3.05) is 11.4 Å². The fraction of sp³-hybridized carbons (Fsp3) is 0.348. The third-order valence-corrected chi connectivity index (χ3v) is 4.66. The summed E-state index contributed by atoms with van der Waals surface area (Å²) in [4.78, 5) is 28.2. The van der Waals surface area contributed by atoms with Crippen LogP contribution >= 0.6 is 0 Å². The van der Waals surface area contributed by atoms with Crippen molar-refractivity contribution in [2.45, 2.75) is 40.2 Å². The molecule has 5 nitrogen and oxygen atoms in total. The number of nitrogens with zero attached hydrogens (tertiary/aromatic N) is 3. The first-order valence-corrected chi connectivity index (χ1v) is 9.89. The van der Waals surface area contributed by atoms with E-state index in [0.717, 1.165) is 18.5 Å². The van der Waals surface area contributed by atoms with Crippen LogP contribution in [-0.2, 0) is 6.54 Å². The second-order valence-corrected chi connectivity index (χ2v) is 7.42. The van der Waals surface area contributed by atoms with E-state index >= 15 is 0 Å². The summed E-state index contributed by atoms with van der Waals surface area (Å²) in [5.74, 6) is 0.0768. The standard InChI is InChI=1S/C23H27N3O2/c1-4-5-15-25(18-11-7-6-8-12-18)23(28)21-19-13-9-10-14-20(19)22(27)26(24-21)16-17(2)3/h6-14,17H,4-5,15-16H2,1-3H3. The van der Waals surface area contributed by atoms with Gasteiger partial charge in [-0.25, -0.2) is 4.68 Å². The van der Waals surface area contributed by atoms with Crippen molar-refractivity contribution in [1.29, 1.82) is 0 Å². The fourth-order valence-corrected chi connectivity index (χ4v) is 3.26. The van der Waals surface area contributed by atoms with Gasteiger partial charge in [0.05, 0.1) is 5.39 Å². The van der Waals surface area contributed by atoms with Crippen LogP contribution in [0.15, 0.2) is 59.4 Å². The van der Waals surface area contributed by atoms with Gasteiger partial charge >= 0.3 is 0 Å². The van der Waals surface area contributed by atoms with Gasteiger partial charge in [0.15, 0.2) is 5.69 Å². The molecule has 0 saturated carbocycles. The number of aromatic nitrogens is 2. The molecule has 0 fully saturated rings. The lowest BCUT2D eigenvalue weighted by Crippen LogP contribution is -2.35. The maximum Gasteiger partial charge on any atom is 0.279 e. The Morgan fingerprint density at radius 1 is 1.04 bits per heavy atom. The van der Waals surface area contributed by atoms with Crippen LogP contribution in [0.4, 0.5) is 5.69 Å².